The molecule has 2 aromatic rings. The summed E-state index contributed by atoms with van der Waals surface area (Å²) in [6.45, 7) is 4.83. The lowest BCUT2D eigenvalue weighted by Gasteiger charge is -2.31. The number of ether oxygens (including phenoxy) is 1. The zero-order valence-corrected chi connectivity index (χ0v) is 20.4. The molecule has 1 N–H and O–H groups in total. The fourth-order valence-corrected chi connectivity index (χ4v) is 5.14. The van der Waals surface area contributed by atoms with Gasteiger partial charge in [-0.1, -0.05) is 23.2 Å². The molecule has 9 heteroatoms. The molecule has 1 atom stereocenters. The van der Waals surface area contributed by atoms with Gasteiger partial charge in [0.15, 0.2) is 0 Å². The third kappa shape index (κ3) is 6.03. The highest BCUT2D eigenvalue weighted by Crippen LogP contribution is 2.37. The van der Waals surface area contributed by atoms with Gasteiger partial charge in [0.2, 0.25) is 11.8 Å². The van der Waals surface area contributed by atoms with E-state index in [1.165, 1.54) is 17.4 Å². The van der Waals surface area contributed by atoms with Crippen LogP contribution < -0.4 is 5.32 Å². The van der Waals surface area contributed by atoms with Crippen molar-refractivity contribution in [3.05, 3.63) is 39.2 Å². The first-order chi connectivity index (χ1) is 15.3. The normalized spacial score (nSPS) is 15.8. The Hall–Kier alpha value is -2.09. The summed E-state index contributed by atoms with van der Waals surface area (Å²) in [7, 11) is 0. The number of hydrogen-bond acceptors (Lipinski definition) is 5. The van der Waals surface area contributed by atoms with Crippen LogP contribution >= 0.6 is 34.5 Å². The number of hydrogen-bond donors (Lipinski definition) is 1. The van der Waals surface area contributed by atoms with Crippen LogP contribution in [-0.2, 0) is 19.1 Å². The summed E-state index contributed by atoms with van der Waals surface area (Å²) in [6.07, 6.45) is 4.47. The molecule has 3 rings (SSSR count). The smallest absolute Gasteiger partial charge is 0.307 e. The molecule has 0 saturated carbocycles. The molecule has 0 radical (unpaired) electrons. The largest absolute Gasteiger partial charge is 0.466 e. The van der Waals surface area contributed by atoms with E-state index in [1.54, 1.807) is 24.8 Å². The second kappa shape index (κ2) is 11.2. The van der Waals surface area contributed by atoms with Crippen molar-refractivity contribution in [1.82, 2.24) is 10.2 Å². The van der Waals surface area contributed by atoms with Crippen molar-refractivity contribution < 1.29 is 19.1 Å². The molecule has 6 nitrogen and oxygen atoms in total. The SMILES string of the molecule is CCOC(=O)C[C@H](C)NC(=O)C1CCN(C(=O)/C=C/c2cc3ccsc3c(Cl)c2Cl)CC1. The van der Waals surface area contributed by atoms with Gasteiger partial charge in [-0.3, -0.25) is 14.4 Å². The molecule has 2 heterocycles. The fourth-order valence-electron chi connectivity index (χ4n) is 3.70. The summed E-state index contributed by atoms with van der Waals surface area (Å²) in [5.41, 5.74) is 0.695. The molecular formula is C23H26Cl2N2O4S. The molecule has 32 heavy (non-hydrogen) atoms. The highest BCUT2D eigenvalue weighted by Gasteiger charge is 2.27. The molecule has 2 amide bonds. The number of likely N-dealkylation sites (tertiary alicyclic amines) is 1. The van der Waals surface area contributed by atoms with Crippen LogP contribution in [0, 0.1) is 5.92 Å². The number of rotatable bonds is 7. The number of nitrogens with one attached hydrogen (secondary N) is 1. The number of benzene rings is 1. The molecule has 0 bridgehead atoms. The van der Waals surface area contributed by atoms with E-state index in [9.17, 15) is 14.4 Å². The maximum Gasteiger partial charge on any atom is 0.307 e. The Morgan fingerprint density at radius 1 is 1.28 bits per heavy atom. The number of carbonyl (C=O) groups excluding carboxylic acids is 3. The van der Waals surface area contributed by atoms with E-state index in [0.29, 0.717) is 48.1 Å². The summed E-state index contributed by atoms with van der Waals surface area (Å²) in [4.78, 5) is 38.4. The molecule has 1 aromatic carbocycles. The number of esters is 1. The standard InChI is InChI=1S/C23H26Cl2N2O4S/c1-3-31-19(29)12-14(2)26-23(30)15-6-9-27(10-7-15)18(28)5-4-16-13-17-8-11-32-22(17)21(25)20(16)24/h4-5,8,11,13-15H,3,6-7,9-10,12H2,1-2H3,(H,26,30)/b5-4+/t14-/m0/s1. The van der Waals surface area contributed by atoms with Crippen molar-refractivity contribution in [3.8, 4) is 0 Å². The van der Waals surface area contributed by atoms with Crippen molar-refractivity contribution in [1.29, 1.82) is 0 Å². The van der Waals surface area contributed by atoms with Crippen LogP contribution in [0.15, 0.2) is 23.6 Å². The average molecular weight is 497 g/mol. The van der Waals surface area contributed by atoms with Gasteiger partial charge in [0, 0.05) is 31.1 Å². The van der Waals surface area contributed by atoms with Gasteiger partial charge in [-0.05, 0) is 61.2 Å². The second-order valence-electron chi connectivity index (χ2n) is 7.78. The Morgan fingerprint density at radius 2 is 2.00 bits per heavy atom. The molecule has 1 fully saturated rings. The number of amides is 2. The minimum atomic E-state index is -0.327. The highest BCUT2D eigenvalue weighted by molar-refractivity contribution is 7.18. The minimum absolute atomic E-state index is 0.0880. The lowest BCUT2D eigenvalue weighted by Crippen LogP contribution is -2.44. The van der Waals surface area contributed by atoms with E-state index in [-0.39, 0.29) is 36.2 Å². The van der Waals surface area contributed by atoms with E-state index >= 15 is 0 Å². The predicted octanol–water partition coefficient (Wildman–Crippen LogP) is 4.92. The van der Waals surface area contributed by atoms with E-state index in [2.05, 4.69) is 5.32 Å². The molecule has 1 saturated heterocycles. The number of carbonyl (C=O) groups is 3. The molecule has 1 aliphatic rings. The Labute approximate surface area is 201 Å². The predicted molar refractivity (Wildman–Crippen MR) is 129 cm³/mol. The van der Waals surface area contributed by atoms with Crippen LogP contribution in [0.2, 0.25) is 10.0 Å². The summed E-state index contributed by atoms with van der Waals surface area (Å²) in [5, 5.41) is 6.73. The Balaban J connectivity index is 1.52. The van der Waals surface area contributed by atoms with Crippen LogP contribution in [0.5, 0.6) is 0 Å². The van der Waals surface area contributed by atoms with Crippen molar-refractivity contribution >= 4 is 68.5 Å². The molecule has 0 spiro atoms. The first-order valence-electron chi connectivity index (χ1n) is 10.6. The molecule has 0 unspecified atom stereocenters. The van der Waals surface area contributed by atoms with E-state index < -0.39 is 0 Å². The van der Waals surface area contributed by atoms with Crippen molar-refractivity contribution in [3.63, 3.8) is 0 Å². The number of fused-ring (bicyclic) bond motifs is 1. The zero-order chi connectivity index (χ0) is 23.3. The number of thiophene rings is 1. The molecule has 1 aromatic heterocycles. The number of piperidine rings is 1. The van der Waals surface area contributed by atoms with Crippen LogP contribution in [0.3, 0.4) is 0 Å². The lowest BCUT2D eigenvalue weighted by atomic mass is 9.95. The average Bonchev–Trinajstić information content (AvgIpc) is 3.24. The monoisotopic (exact) mass is 496 g/mol. The maximum atomic E-state index is 12.6. The van der Waals surface area contributed by atoms with E-state index in [0.717, 1.165) is 10.1 Å². The van der Waals surface area contributed by atoms with Gasteiger partial charge in [-0.2, -0.15) is 0 Å². The maximum absolute atomic E-state index is 12.6. The van der Waals surface area contributed by atoms with Gasteiger partial charge in [0.1, 0.15) is 0 Å². The zero-order valence-electron chi connectivity index (χ0n) is 18.0. The highest BCUT2D eigenvalue weighted by atomic mass is 35.5. The van der Waals surface area contributed by atoms with Gasteiger partial charge < -0.3 is 15.0 Å². The third-order valence-electron chi connectivity index (χ3n) is 5.40. The first kappa shape index (κ1) is 24.6. The molecule has 0 aliphatic carbocycles. The topological polar surface area (TPSA) is 75.7 Å². The van der Waals surface area contributed by atoms with Crippen molar-refractivity contribution in [2.75, 3.05) is 19.7 Å². The fraction of sp³-hybridized carbons (Fsp3) is 0.435. The Morgan fingerprint density at radius 3 is 2.69 bits per heavy atom. The quantitative estimate of drug-likeness (QED) is 0.436. The molecule has 1 aliphatic heterocycles. The van der Waals surface area contributed by atoms with Crippen LogP contribution in [0.25, 0.3) is 16.2 Å². The lowest BCUT2D eigenvalue weighted by molar-refractivity contribution is -0.143. The van der Waals surface area contributed by atoms with Crippen LogP contribution in [0.4, 0.5) is 0 Å². The number of halogens is 2. The van der Waals surface area contributed by atoms with E-state index in [1.807, 2.05) is 17.5 Å². The van der Waals surface area contributed by atoms with Gasteiger partial charge >= 0.3 is 5.97 Å². The van der Waals surface area contributed by atoms with Gasteiger partial charge in [-0.15, -0.1) is 11.3 Å². The second-order valence-corrected chi connectivity index (χ2v) is 9.46. The van der Waals surface area contributed by atoms with Crippen molar-refractivity contribution in [2.45, 2.75) is 39.2 Å². The summed E-state index contributed by atoms with van der Waals surface area (Å²) in [6, 6.07) is 3.59. The van der Waals surface area contributed by atoms with Gasteiger partial charge in [-0.25, -0.2) is 0 Å². The first-order valence-corrected chi connectivity index (χ1v) is 12.2. The van der Waals surface area contributed by atoms with E-state index in [4.69, 9.17) is 27.9 Å². The van der Waals surface area contributed by atoms with Crippen LogP contribution in [-0.4, -0.2) is 48.4 Å². The van der Waals surface area contributed by atoms with Crippen molar-refractivity contribution in [2.24, 2.45) is 5.92 Å². The summed E-state index contributed by atoms with van der Waals surface area (Å²) < 4.78 is 5.84. The number of nitrogens with zero attached hydrogens (tertiary/aromatic N) is 1. The summed E-state index contributed by atoms with van der Waals surface area (Å²) in [5.74, 6) is -0.721. The third-order valence-corrected chi connectivity index (χ3v) is 7.34. The Bertz CT molecular complexity index is 1030. The minimum Gasteiger partial charge on any atom is -0.466 e. The summed E-state index contributed by atoms with van der Waals surface area (Å²) >= 11 is 14.2. The Kier molecular flexibility index (Phi) is 8.57. The molecular weight excluding hydrogens is 471 g/mol. The van der Waals surface area contributed by atoms with Gasteiger partial charge in [0.05, 0.1) is 27.8 Å². The molecule has 172 valence electrons. The van der Waals surface area contributed by atoms with Crippen LogP contribution in [0.1, 0.15) is 38.7 Å². The van der Waals surface area contributed by atoms with Gasteiger partial charge in [0.25, 0.3) is 0 Å².